The zero-order chi connectivity index (χ0) is 14.2. The second-order valence-corrected chi connectivity index (χ2v) is 4.63. The van der Waals surface area contributed by atoms with Crippen molar-refractivity contribution in [3.05, 3.63) is 39.2 Å². The third-order valence-electron chi connectivity index (χ3n) is 2.64. The monoisotopic (exact) mass is 281 g/mol. The highest BCUT2D eigenvalue weighted by Gasteiger charge is 2.12. The van der Waals surface area contributed by atoms with Gasteiger partial charge >= 0.3 is 11.7 Å². The number of aryl methyl sites for hydroxylation is 1. The van der Waals surface area contributed by atoms with Crippen LogP contribution in [0.1, 0.15) is 5.56 Å². The number of halogens is 1. The van der Waals surface area contributed by atoms with Crippen LogP contribution in [0.4, 0.5) is 4.79 Å². The van der Waals surface area contributed by atoms with Gasteiger partial charge in [0.25, 0.3) is 0 Å². The molecule has 0 aliphatic carbocycles. The summed E-state index contributed by atoms with van der Waals surface area (Å²) >= 11 is 5.82. The molecular weight excluding hydrogens is 270 g/mol. The van der Waals surface area contributed by atoms with Crippen LogP contribution in [0, 0.1) is 6.92 Å². The summed E-state index contributed by atoms with van der Waals surface area (Å²) in [5.41, 5.74) is 0.358. The maximum atomic E-state index is 11.5. The number of benzene rings is 1. The van der Waals surface area contributed by atoms with Crippen LogP contribution in [0.25, 0.3) is 11.0 Å². The molecule has 100 valence electrons. The zero-order valence-corrected chi connectivity index (χ0v) is 11.4. The smallest absolute Gasteiger partial charge is 0.414 e. The van der Waals surface area contributed by atoms with Crippen molar-refractivity contribution in [2.45, 2.75) is 6.92 Å². The van der Waals surface area contributed by atoms with Crippen molar-refractivity contribution in [1.29, 1.82) is 0 Å². The Hall–Kier alpha value is -2.01. The molecule has 19 heavy (non-hydrogen) atoms. The quantitative estimate of drug-likeness (QED) is 0.754. The molecule has 6 heteroatoms. The van der Waals surface area contributed by atoms with Gasteiger partial charge in [-0.2, -0.15) is 0 Å². The van der Waals surface area contributed by atoms with Crippen molar-refractivity contribution in [2.24, 2.45) is 0 Å². The molecule has 0 saturated heterocycles. The van der Waals surface area contributed by atoms with Crippen molar-refractivity contribution < 1.29 is 13.9 Å². The Bertz CT molecular complexity index is 706. The van der Waals surface area contributed by atoms with Crippen molar-refractivity contribution in [1.82, 2.24) is 4.90 Å². The average molecular weight is 282 g/mol. The largest absolute Gasteiger partial charge is 0.421 e. The summed E-state index contributed by atoms with van der Waals surface area (Å²) in [6, 6.07) is 4.80. The van der Waals surface area contributed by atoms with Crippen LogP contribution in [-0.4, -0.2) is 25.1 Å². The molecule has 1 aromatic heterocycles. The van der Waals surface area contributed by atoms with Gasteiger partial charge in [-0.3, -0.25) is 0 Å². The summed E-state index contributed by atoms with van der Waals surface area (Å²) in [4.78, 5) is 24.2. The van der Waals surface area contributed by atoms with Gasteiger partial charge in [0, 0.05) is 25.5 Å². The molecule has 0 bridgehead atoms. The van der Waals surface area contributed by atoms with Gasteiger partial charge in [0.1, 0.15) is 16.4 Å². The van der Waals surface area contributed by atoms with Gasteiger partial charge in [-0.05, 0) is 24.6 Å². The van der Waals surface area contributed by atoms with Crippen LogP contribution in [0.15, 0.2) is 27.4 Å². The van der Waals surface area contributed by atoms with Crippen LogP contribution in [0.3, 0.4) is 0 Å². The third kappa shape index (κ3) is 2.56. The van der Waals surface area contributed by atoms with Gasteiger partial charge in [0.2, 0.25) is 0 Å². The minimum atomic E-state index is -0.609. The Kier molecular flexibility index (Phi) is 3.48. The first-order chi connectivity index (χ1) is 8.90. The van der Waals surface area contributed by atoms with Gasteiger partial charge < -0.3 is 14.1 Å². The van der Waals surface area contributed by atoms with E-state index < -0.39 is 11.7 Å². The molecule has 2 rings (SSSR count). The van der Waals surface area contributed by atoms with Crippen molar-refractivity contribution in [3.8, 4) is 5.75 Å². The molecule has 0 radical (unpaired) electrons. The summed E-state index contributed by atoms with van der Waals surface area (Å²) in [7, 11) is 3.15. The zero-order valence-electron chi connectivity index (χ0n) is 10.7. The highest BCUT2D eigenvalue weighted by atomic mass is 35.5. The second-order valence-electron chi connectivity index (χ2n) is 4.25. The standard InChI is InChI=1S/C13H12ClNO4/c1-7-9-5-4-8(18-13(17)15(2)3)6-10(9)19-12(16)11(7)14/h4-6H,1-3H3. The molecule has 0 aliphatic heterocycles. The number of ether oxygens (including phenoxy) is 1. The van der Waals surface area contributed by atoms with E-state index in [4.69, 9.17) is 20.8 Å². The lowest BCUT2D eigenvalue weighted by Gasteiger charge is -2.11. The van der Waals surface area contributed by atoms with Crippen LogP contribution in [0.2, 0.25) is 5.02 Å². The maximum Gasteiger partial charge on any atom is 0.414 e. The summed E-state index contributed by atoms with van der Waals surface area (Å²) in [6.07, 6.45) is -0.507. The number of carbonyl (C=O) groups excluding carboxylic acids is 1. The van der Waals surface area contributed by atoms with E-state index in [1.807, 2.05) is 0 Å². The molecule has 0 spiro atoms. The van der Waals surface area contributed by atoms with Gasteiger partial charge in [-0.25, -0.2) is 9.59 Å². The fourth-order valence-corrected chi connectivity index (χ4v) is 1.71. The second kappa shape index (κ2) is 4.93. The number of amides is 1. The van der Waals surface area contributed by atoms with E-state index in [-0.39, 0.29) is 5.02 Å². The Morgan fingerprint density at radius 1 is 1.37 bits per heavy atom. The van der Waals surface area contributed by atoms with Gasteiger partial charge in [-0.1, -0.05) is 11.6 Å². The van der Waals surface area contributed by atoms with E-state index in [1.54, 1.807) is 33.2 Å². The number of nitrogens with zero attached hydrogens (tertiary/aromatic N) is 1. The first-order valence-electron chi connectivity index (χ1n) is 5.52. The van der Waals surface area contributed by atoms with Gasteiger partial charge in [0.15, 0.2) is 0 Å². The van der Waals surface area contributed by atoms with Crippen LogP contribution < -0.4 is 10.4 Å². The fourth-order valence-electron chi connectivity index (χ4n) is 1.57. The number of hydrogen-bond acceptors (Lipinski definition) is 4. The van der Waals surface area contributed by atoms with Crippen LogP contribution in [-0.2, 0) is 0 Å². The van der Waals surface area contributed by atoms with E-state index >= 15 is 0 Å². The molecule has 0 unspecified atom stereocenters. The Morgan fingerprint density at radius 2 is 2.05 bits per heavy atom. The lowest BCUT2D eigenvalue weighted by molar-refractivity contribution is 0.172. The molecule has 0 atom stereocenters. The van der Waals surface area contributed by atoms with E-state index in [1.165, 1.54) is 11.0 Å². The third-order valence-corrected chi connectivity index (χ3v) is 3.08. The van der Waals surface area contributed by atoms with Crippen LogP contribution in [0.5, 0.6) is 5.75 Å². The summed E-state index contributed by atoms with van der Waals surface area (Å²) < 4.78 is 10.1. The number of fused-ring (bicyclic) bond motifs is 1. The highest BCUT2D eigenvalue weighted by molar-refractivity contribution is 6.31. The maximum absolute atomic E-state index is 11.5. The van der Waals surface area contributed by atoms with Crippen molar-refractivity contribution in [2.75, 3.05) is 14.1 Å². The van der Waals surface area contributed by atoms with Crippen molar-refractivity contribution >= 4 is 28.7 Å². The van der Waals surface area contributed by atoms with Crippen molar-refractivity contribution in [3.63, 3.8) is 0 Å². The molecule has 0 N–H and O–H groups in total. The average Bonchev–Trinajstić information content (AvgIpc) is 2.35. The predicted octanol–water partition coefficient (Wildman–Crippen LogP) is 2.82. The number of rotatable bonds is 1. The Balaban J connectivity index is 2.50. The lowest BCUT2D eigenvalue weighted by atomic mass is 10.1. The Morgan fingerprint density at radius 3 is 2.68 bits per heavy atom. The molecule has 2 aromatic rings. The molecule has 1 amide bonds. The molecule has 5 nitrogen and oxygen atoms in total. The Labute approximate surface area is 114 Å². The first kappa shape index (κ1) is 13.4. The molecule has 1 aromatic carbocycles. The molecular formula is C13H12ClNO4. The lowest BCUT2D eigenvalue weighted by Crippen LogP contribution is -2.25. The molecule has 1 heterocycles. The first-order valence-corrected chi connectivity index (χ1v) is 5.90. The predicted molar refractivity (Wildman–Crippen MR) is 71.9 cm³/mol. The van der Waals surface area contributed by atoms with Gasteiger partial charge in [-0.15, -0.1) is 0 Å². The SMILES string of the molecule is Cc1c(Cl)c(=O)oc2cc(OC(=O)N(C)C)ccc12. The molecule has 0 aliphatic rings. The molecule has 0 fully saturated rings. The van der Waals surface area contributed by atoms with E-state index in [9.17, 15) is 9.59 Å². The highest BCUT2D eigenvalue weighted by Crippen LogP contribution is 2.26. The van der Waals surface area contributed by atoms with E-state index in [2.05, 4.69) is 0 Å². The summed E-state index contributed by atoms with van der Waals surface area (Å²) in [6.45, 7) is 1.73. The summed E-state index contributed by atoms with van der Waals surface area (Å²) in [5, 5.41) is 0.764. The minimum Gasteiger partial charge on any atom is -0.421 e. The van der Waals surface area contributed by atoms with E-state index in [0.29, 0.717) is 22.3 Å². The number of hydrogen-bond donors (Lipinski definition) is 0. The molecule has 0 saturated carbocycles. The topological polar surface area (TPSA) is 59.8 Å². The van der Waals surface area contributed by atoms with Gasteiger partial charge in [0.05, 0.1) is 0 Å². The van der Waals surface area contributed by atoms with E-state index in [0.717, 1.165) is 0 Å². The summed E-state index contributed by atoms with van der Waals surface area (Å²) in [5.74, 6) is 0.302. The number of carbonyl (C=O) groups is 1. The van der Waals surface area contributed by atoms with Crippen LogP contribution >= 0.6 is 11.6 Å². The normalized spacial score (nSPS) is 10.5. The minimum absolute atomic E-state index is 0.0607. The fraction of sp³-hybridized carbons (Fsp3) is 0.231.